The Kier molecular flexibility index (Phi) is 4.67. The smallest absolute Gasteiger partial charge is 0.480 e. The first-order valence-electron chi connectivity index (χ1n) is 7.67. The molecule has 1 aliphatic rings. The van der Waals surface area contributed by atoms with Crippen LogP contribution in [0, 0.1) is 29.1 Å². The topological polar surface area (TPSA) is 66.8 Å². The maximum absolute atomic E-state index is 14.4. The van der Waals surface area contributed by atoms with Gasteiger partial charge in [0.2, 0.25) is 0 Å². The zero-order valence-electron chi connectivity index (χ0n) is 14.1. The van der Waals surface area contributed by atoms with E-state index in [4.69, 9.17) is 5.11 Å². The van der Waals surface area contributed by atoms with Gasteiger partial charge in [-0.3, -0.25) is 9.69 Å². The van der Waals surface area contributed by atoms with E-state index in [1.54, 1.807) is 0 Å². The molecule has 1 heterocycles. The van der Waals surface area contributed by atoms with Gasteiger partial charge in [0.15, 0.2) is 29.0 Å². The van der Waals surface area contributed by atoms with Gasteiger partial charge in [-0.2, -0.15) is 8.78 Å². The van der Waals surface area contributed by atoms with Gasteiger partial charge >= 0.3 is 18.0 Å². The van der Waals surface area contributed by atoms with E-state index in [2.05, 4.69) is 4.74 Å². The van der Waals surface area contributed by atoms with Crippen LogP contribution in [-0.4, -0.2) is 29.1 Å². The number of nitrogens with zero attached hydrogens (tertiary/aromatic N) is 1. The van der Waals surface area contributed by atoms with Crippen molar-refractivity contribution in [1.29, 1.82) is 0 Å². The van der Waals surface area contributed by atoms with E-state index in [1.807, 2.05) is 0 Å². The van der Waals surface area contributed by atoms with Crippen LogP contribution in [0.2, 0.25) is 0 Å². The minimum atomic E-state index is -4.56. The number of anilines is 1. The van der Waals surface area contributed by atoms with Crippen molar-refractivity contribution < 1.29 is 50.2 Å². The molecule has 0 aliphatic carbocycles. The summed E-state index contributed by atoms with van der Waals surface area (Å²) in [6, 6.07) is -1.49. The van der Waals surface area contributed by atoms with Gasteiger partial charge in [0.25, 0.3) is 0 Å². The number of carboxylic acid groups (broad SMARTS) is 1. The second kappa shape index (κ2) is 6.64. The summed E-state index contributed by atoms with van der Waals surface area (Å²) in [6.07, 6.45) is -4.56. The average molecular weight is 423 g/mol. The van der Waals surface area contributed by atoms with E-state index >= 15 is 0 Å². The maximum atomic E-state index is 14.4. The second-order valence-corrected chi connectivity index (χ2v) is 5.95. The zero-order chi connectivity index (χ0) is 21.8. The Hall–Kier alpha value is -3.31. The van der Waals surface area contributed by atoms with Gasteiger partial charge in [-0.1, -0.05) is 0 Å². The highest BCUT2D eigenvalue weighted by Crippen LogP contribution is 2.44. The van der Waals surface area contributed by atoms with Gasteiger partial charge in [-0.05, 0) is 13.0 Å². The van der Waals surface area contributed by atoms with Crippen molar-refractivity contribution in [2.24, 2.45) is 0 Å². The Balaban J connectivity index is 2.33. The molecular formula is C17H8F7NO4. The number of ether oxygens (including phenoxy) is 1. The van der Waals surface area contributed by atoms with Crippen molar-refractivity contribution in [1.82, 2.24) is 0 Å². The summed E-state index contributed by atoms with van der Waals surface area (Å²) in [5.74, 6) is -14.3. The van der Waals surface area contributed by atoms with Gasteiger partial charge in [0.1, 0.15) is 11.9 Å². The highest BCUT2D eigenvalue weighted by atomic mass is 19.3. The molecule has 12 heteroatoms. The molecule has 1 N–H and O–H groups in total. The first-order valence-corrected chi connectivity index (χ1v) is 7.67. The molecule has 1 amide bonds. The van der Waals surface area contributed by atoms with Gasteiger partial charge in [-0.15, -0.1) is 0 Å². The number of alkyl halides is 2. The normalized spacial score (nSPS) is 16.3. The number of benzene rings is 2. The Morgan fingerprint density at radius 1 is 1.03 bits per heavy atom. The van der Waals surface area contributed by atoms with Crippen molar-refractivity contribution in [2.45, 2.75) is 19.1 Å². The zero-order valence-corrected chi connectivity index (χ0v) is 14.1. The van der Waals surface area contributed by atoms with E-state index in [9.17, 15) is 40.3 Å². The van der Waals surface area contributed by atoms with E-state index in [0.717, 1.165) is 6.92 Å². The lowest BCUT2D eigenvalue weighted by Gasteiger charge is -2.35. The molecule has 0 bridgehead atoms. The van der Waals surface area contributed by atoms with Crippen molar-refractivity contribution in [3.63, 3.8) is 0 Å². The highest BCUT2D eigenvalue weighted by molar-refractivity contribution is 6.05. The number of hydrogen-bond donors (Lipinski definition) is 1. The van der Waals surface area contributed by atoms with Crippen LogP contribution in [-0.2, 0) is 9.59 Å². The lowest BCUT2D eigenvalue weighted by Crippen LogP contribution is -2.55. The molecular weight excluding hydrogens is 415 g/mol. The molecule has 0 unspecified atom stereocenters. The van der Waals surface area contributed by atoms with Crippen LogP contribution in [0.4, 0.5) is 36.4 Å². The van der Waals surface area contributed by atoms with Crippen LogP contribution in [0.1, 0.15) is 6.92 Å². The average Bonchev–Trinajstić information content (AvgIpc) is 2.61. The SMILES string of the molecule is C[C@@H](C(=O)O)N1C(=O)C(F)(F)Oc2cc(F)c(-c3c(F)c(F)cc(F)c3F)cc21. The molecule has 0 fully saturated rings. The van der Waals surface area contributed by atoms with Crippen molar-refractivity contribution in [3.8, 4) is 16.9 Å². The number of carbonyl (C=O) groups excluding carboxylic acids is 1. The lowest BCUT2D eigenvalue weighted by molar-refractivity contribution is -0.193. The molecule has 1 atom stereocenters. The first-order chi connectivity index (χ1) is 13.4. The van der Waals surface area contributed by atoms with E-state index in [-0.39, 0.29) is 17.0 Å². The Morgan fingerprint density at radius 2 is 1.59 bits per heavy atom. The fraction of sp³-hybridized carbons (Fsp3) is 0.176. The molecule has 2 aromatic rings. The molecule has 0 aromatic heterocycles. The number of aliphatic carboxylic acids is 1. The molecule has 29 heavy (non-hydrogen) atoms. The van der Waals surface area contributed by atoms with Crippen LogP contribution < -0.4 is 9.64 Å². The monoisotopic (exact) mass is 423 g/mol. The first kappa shape index (κ1) is 20.4. The number of hydrogen-bond acceptors (Lipinski definition) is 3. The van der Waals surface area contributed by atoms with Gasteiger partial charge < -0.3 is 9.84 Å². The largest absolute Gasteiger partial charge is 0.483 e. The van der Waals surface area contributed by atoms with Gasteiger partial charge in [0.05, 0.1) is 11.3 Å². The number of fused-ring (bicyclic) bond motifs is 1. The van der Waals surface area contributed by atoms with E-state index in [0.29, 0.717) is 6.07 Å². The van der Waals surface area contributed by atoms with Crippen LogP contribution >= 0.6 is 0 Å². The van der Waals surface area contributed by atoms with E-state index < -0.39 is 75.7 Å². The maximum Gasteiger partial charge on any atom is 0.483 e. The summed E-state index contributed by atoms with van der Waals surface area (Å²) in [4.78, 5) is 23.2. The molecule has 2 aromatic carbocycles. The third kappa shape index (κ3) is 3.13. The molecule has 0 saturated heterocycles. The summed E-state index contributed by atoms with van der Waals surface area (Å²) in [7, 11) is 0. The molecule has 154 valence electrons. The molecule has 0 radical (unpaired) electrons. The summed E-state index contributed by atoms with van der Waals surface area (Å²) >= 11 is 0. The quantitative estimate of drug-likeness (QED) is 0.602. The molecule has 0 saturated carbocycles. The number of rotatable bonds is 3. The molecule has 5 nitrogen and oxygen atoms in total. The van der Waals surface area contributed by atoms with Crippen LogP contribution in [0.25, 0.3) is 11.1 Å². The summed E-state index contributed by atoms with van der Waals surface area (Å²) in [5.41, 5.74) is -3.47. The van der Waals surface area contributed by atoms with Crippen LogP contribution in [0.15, 0.2) is 18.2 Å². The van der Waals surface area contributed by atoms with Crippen molar-refractivity contribution >= 4 is 17.6 Å². The van der Waals surface area contributed by atoms with Gasteiger partial charge in [-0.25, -0.2) is 26.7 Å². The summed E-state index contributed by atoms with van der Waals surface area (Å²) in [6.45, 7) is 0.831. The Bertz CT molecular complexity index is 1030. The third-order valence-electron chi connectivity index (χ3n) is 4.14. The minimum absolute atomic E-state index is 0.00949. The number of carboxylic acids is 1. The minimum Gasteiger partial charge on any atom is -0.480 e. The lowest BCUT2D eigenvalue weighted by atomic mass is 10.0. The molecule has 3 rings (SSSR count). The fourth-order valence-electron chi connectivity index (χ4n) is 2.74. The number of halogens is 7. The summed E-state index contributed by atoms with van der Waals surface area (Å²) in [5, 5.41) is 9.08. The van der Waals surface area contributed by atoms with Crippen molar-refractivity contribution in [3.05, 3.63) is 47.3 Å². The highest BCUT2D eigenvalue weighted by Gasteiger charge is 2.53. The Morgan fingerprint density at radius 3 is 2.10 bits per heavy atom. The van der Waals surface area contributed by atoms with Crippen LogP contribution in [0.5, 0.6) is 5.75 Å². The molecule has 1 aliphatic heterocycles. The number of amides is 1. The second-order valence-electron chi connectivity index (χ2n) is 5.95. The fourth-order valence-corrected chi connectivity index (χ4v) is 2.74. The van der Waals surface area contributed by atoms with Crippen LogP contribution in [0.3, 0.4) is 0 Å². The summed E-state index contributed by atoms with van der Waals surface area (Å²) < 4.78 is 101. The predicted molar refractivity (Wildman–Crippen MR) is 81.8 cm³/mol. The predicted octanol–water partition coefficient (Wildman–Crippen LogP) is 3.84. The third-order valence-corrected chi connectivity index (χ3v) is 4.14. The van der Waals surface area contributed by atoms with Crippen molar-refractivity contribution in [2.75, 3.05) is 4.90 Å². The van der Waals surface area contributed by atoms with Gasteiger partial charge in [0, 0.05) is 17.7 Å². The Labute approximate surface area is 156 Å². The molecule has 0 spiro atoms. The number of carbonyl (C=O) groups is 2. The van der Waals surface area contributed by atoms with E-state index in [1.165, 1.54) is 0 Å². The standard InChI is InChI=1S/C17H8F7NO4/c1-5(15(26)27)25-10-2-6(12-13(21)8(19)3-9(20)14(12)22)7(18)4-11(10)29-17(23,24)16(25)28/h2-5H,1H3,(H,26,27)/t5-/m0/s1.